The lowest BCUT2D eigenvalue weighted by Crippen LogP contribution is -2.34. The van der Waals surface area contributed by atoms with Gasteiger partial charge in [-0.05, 0) is 50.5 Å². The SMILES string of the molecule is Cc1cnc(-c2ccc3c(c2)N(c2ncc(C)cn2)C(=O)C3(C)C)nc1. The number of amides is 1. The highest BCUT2D eigenvalue weighted by molar-refractivity contribution is 6.11. The molecule has 0 saturated carbocycles. The van der Waals surface area contributed by atoms with E-state index >= 15 is 0 Å². The van der Waals surface area contributed by atoms with E-state index in [0.717, 1.165) is 27.9 Å². The summed E-state index contributed by atoms with van der Waals surface area (Å²) in [7, 11) is 0. The molecule has 0 spiro atoms. The van der Waals surface area contributed by atoms with Crippen LogP contribution in [0.1, 0.15) is 30.5 Å². The molecule has 0 N–H and O–H groups in total. The van der Waals surface area contributed by atoms with E-state index in [1.165, 1.54) is 0 Å². The van der Waals surface area contributed by atoms with Crippen LogP contribution in [0.15, 0.2) is 43.0 Å². The second-order valence-electron chi connectivity index (χ2n) is 7.14. The quantitative estimate of drug-likeness (QED) is 0.711. The third-order valence-corrected chi connectivity index (χ3v) is 4.66. The van der Waals surface area contributed by atoms with Crippen molar-refractivity contribution in [2.24, 2.45) is 0 Å². The van der Waals surface area contributed by atoms with Crippen molar-refractivity contribution in [3.8, 4) is 11.4 Å². The summed E-state index contributed by atoms with van der Waals surface area (Å²) in [6, 6.07) is 5.87. The third-order valence-electron chi connectivity index (χ3n) is 4.66. The number of aromatic nitrogens is 4. The fourth-order valence-electron chi connectivity index (χ4n) is 3.13. The summed E-state index contributed by atoms with van der Waals surface area (Å²) >= 11 is 0. The van der Waals surface area contributed by atoms with E-state index in [-0.39, 0.29) is 5.91 Å². The van der Waals surface area contributed by atoms with E-state index in [4.69, 9.17) is 0 Å². The van der Waals surface area contributed by atoms with E-state index in [1.807, 2.05) is 45.9 Å². The molecule has 130 valence electrons. The van der Waals surface area contributed by atoms with Crippen LogP contribution >= 0.6 is 0 Å². The molecular weight excluding hydrogens is 326 g/mol. The van der Waals surface area contributed by atoms with E-state index in [2.05, 4.69) is 19.9 Å². The van der Waals surface area contributed by atoms with Crippen LogP contribution in [0, 0.1) is 13.8 Å². The van der Waals surface area contributed by atoms with E-state index < -0.39 is 5.41 Å². The Kier molecular flexibility index (Phi) is 3.57. The first-order chi connectivity index (χ1) is 12.4. The lowest BCUT2D eigenvalue weighted by molar-refractivity contribution is -0.121. The molecule has 26 heavy (non-hydrogen) atoms. The average molecular weight is 345 g/mol. The van der Waals surface area contributed by atoms with Crippen molar-refractivity contribution < 1.29 is 4.79 Å². The molecule has 1 aliphatic rings. The number of hydrogen-bond donors (Lipinski definition) is 0. The topological polar surface area (TPSA) is 71.9 Å². The van der Waals surface area contributed by atoms with Gasteiger partial charge in [-0.1, -0.05) is 12.1 Å². The largest absolute Gasteiger partial charge is 0.273 e. The molecule has 0 fully saturated rings. The summed E-state index contributed by atoms with van der Waals surface area (Å²) in [5.74, 6) is 0.966. The Labute approximate surface area is 152 Å². The monoisotopic (exact) mass is 345 g/mol. The molecule has 6 heteroatoms. The average Bonchev–Trinajstić information content (AvgIpc) is 2.83. The zero-order valence-electron chi connectivity index (χ0n) is 15.2. The summed E-state index contributed by atoms with van der Waals surface area (Å²) in [4.78, 5) is 32.2. The van der Waals surface area contributed by atoms with E-state index in [9.17, 15) is 4.79 Å². The van der Waals surface area contributed by atoms with Crippen LogP contribution < -0.4 is 4.90 Å². The van der Waals surface area contributed by atoms with Crippen molar-refractivity contribution in [2.45, 2.75) is 33.1 Å². The van der Waals surface area contributed by atoms with Crippen molar-refractivity contribution in [3.63, 3.8) is 0 Å². The normalized spacial score (nSPS) is 15.2. The van der Waals surface area contributed by atoms with Crippen molar-refractivity contribution in [3.05, 3.63) is 59.7 Å². The maximum Gasteiger partial charge on any atom is 0.244 e. The van der Waals surface area contributed by atoms with Crippen LogP contribution in [0.5, 0.6) is 0 Å². The molecule has 0 unspecified atom stereocenters. The minimum absolute atomic E-state index is 0.0432. The molecule has 3 aromatic rings. The van der Waals surface area contributed by atoms with Gasteiger partial charge in [-0.15, -0.1) is 0 Å². The Morgan fingerprint density at radius 2 is 1.46 bits per heavy atom. The Hall–Kier alpha value is -3.15. The standard InChI is InChI=1S/C20H19N5O/c1-12-8-21-17(22-9-12)14-5-6-15-16(7-14)25(18(26)20(15,3)4)19-23-10-13(2)11-24-19/h5-11H,1-4H3. The molecule has 0 radical (unpaired) electrons. The predicted molar refractivity (Wildman–Crippen MR) is 99.1 cm³/mol. The summed E-state index contributed by atoms with van der Waals surface area (Å²) in [6.45, 7) is 7.71. The number of carbonyl (C=O) groups excluding carboxylic acids is 1. The molecule has 0 atom stereocenters. The molecule has 2 aromatic heterocycles. The summed E-state index contributed by atoms with van der Waals surface area (Å²) < 4.78 is 0. The third kappa shape index (κ3) is 2.45. The lowest BCUT2D eigenvalue weighted by atomic mass is 9.86. The smallest absolute Gasteiger partial charge is 0.244 e. The molecule has 1 amide bonds. The number of nitrogens with zero attached hydrogens (tertiary/aromatic N) is 5. The number of anilines is 2. The molecule has 1 aromatic carbocycles. The number of carbonyl (C=O) groups is 1. The molecule has 1 aliphatic heterocycles. The summed E-state index contributed by atoms with van der Waals surface area (Å²) in [5, 5.41) is 0. The van der Waals surface area contributed by atoms with Crippen molar-refractivity contribution in [2.75, 3.05) is 4.90 Å². The first-order valence-electron chi connectivity index (χ1n) is 8.44. The number of benzene rings is 1. The van der Waals surface area contributed by atoms with E-state index in [0.29, 0.717) is 11.8 Å². The molecule has 0 bridgehead atoms. The highest BCUT2D eigenvalue weighted by Gasteiger charge is 2.45. The van der Waals surface area contributed by atoms with Crippen LogP contribution in [0.4, 0.5) is 11.6 Å². The van der Waals surface area contributed by atoms with Crippen molar-refractivity contribution >= 4 is 17.5 Å². The fraction of sp³-hybridized carbons (Fsp3) is 0.250. The van der Waals surface area contributed by atoms with Crippen LogP contribution in [0.25, 0.3) is 11.4 Å². The first-order valence-corrected chi connectivity index (χ1v) is 8.44. The summed E-state index contributed by atoms with van der Waals surface area (Å²) in [6.07, 6.45) is 7.00. The number of hydrogen-bond acceptors (Lipinski definition) is 5. The van der Waals surface area contributed by atoms with Crippen molar-refractivity contribution in [1.82, 2.24) is 19.9 Å². The minimum Gasteiger partial charge on any atom is -0.273 e. The van der Waals surface area contributed by atoms with Gasteiger partial charge in [0, 0.05) is 30.4 Å². The lowest BCUT2D eigenvalue weighted by Gasteiger charge is -2.18. The van der Waals surface area contributed by atoms with Gasteiger partial charge >= 0.3 is 0 Å². The van der Waals surface area contributed by atoms with Gasteiger partial charge in [-0.2, -0.15) is 0 Å². The highest BCUT2D eigenvalue weighted by atomic mass is 16.2. The second kappa shape index (κ2) is 5.69. The first kappa shape index (κ1) is 16.3. The minimum atomic E-state index is -0.643. The van der Waals surface area contributed by atoms with Gasteiger partial charge in [-0.25, -0.2) is 24.8 Å². The van der Waals surface area contributed by atoms with Gasteiger partial charge in [0.15, 0.2) is 5.82 Å². The number of rotatable bonds is 2. The van der Waals surface area contributed by atoms with Gasteiger partial charge < -0.3 is 0 Å². The Bertz CT molecular complexity index is 994. The predicted octanol–water partition coefficient (Wildman–Crippen LogP) is 3.51. The highest BCUT2D eigenvalue weighted by Crippen LogP contribution is 2.45. The van der Waals surface area contributed by atoms with Crippen molar-refractivity contribution in [1.29, 1.82) is 0 Å². The maximum atomic E-state index is 13.1. The molecule has 6 nitrogen and oxygen atoms in total. The van der Waals surface area contributed by atoms with Gasteiger partial charge in [-0.3, -0.25) is 4.79 Å². The Morgan fingerprint density at radius 1 is 0.885 bits per heavy atom. The molecule has 0 saturated heterocycles. The van der Waals surface area contributed by atoms with Gasteiger partial charge in [0.1, 0.15) is 0 Å². The van der Waals surface area contributed by atoms with Gasteiger partial charge in [0.25, 0.3) is 0 Å². The Balaban J connectivity index is 1.87. The molecule has 4 rings (SSSR count). The maximum absolute atomic E-state index is 13.1. The molecule has 3 heterocycles. The number of fused-ring (bicyclic) bond motifs is 1. The van der Waals surface area contributed by atoms with E-state index in [1.54, 1.807) is 29.7 Å². The summed E-state index contributed by atoms with van der Waals surface area (Å²) in [5.41, 5.74) is 3.89. The van der Waals surface area contributed by atoms with Gasteiger partial charge in [0.05, 0.1) is 11.1 Å². The molecule has 0 aliphatic carbocycles. The molecular formula is C20H19N5O. The van der Waals surface area contributed by atoms with Crippen LogP contribution in [0.2, 0.25) is 0 Å². The zero-order valence-corrected chi connectivity index (χ0v) is 15.2. The zero-order chi connectivity index (χ0) is 18.5. The van der Waals surface area contributed by atoms with Crippen LogP contribution in [-0.2, 0) is 10.2 Å². The Morgan fingerprint density at radius 3 is 2.08 bits per heavy atom. The second-order valence-corrected chi connectivity index (χ2v) is 7.14. The van der Waals surface area contributed by atoms with Crippen LogP contribution in [0.3, 0.4) is 0 Å². The fourth-order valence-corrected chi connectivity index (χ4v) is 3.13. The van der Waals surface area contributed by atoms with Crippen LogP contribution in [-0.4, -0.2) is 25.8 Å². The number of aryl methyl sites for hydroxylation is 2. The van der Waals surface area contributed by atoms with Gasteiger partial charge in [0.2, 0.25) is 11.9 Å².